The zero-order chi connectivity index (χ0) is 19.6. The molecule has 9 heteroatoms. The van der Waals surface area contributed by atoms with Crippen molar-refractivity contribution in [3.05, 3.63) is 64.2 Å². The van der Waals surface area contributed by atoms with Crippen molar-refractivity contribution in [3.63, 3.8) is 0 Å². The summed E-state index contributed by atoms with van der Waals surface area (Å²) in [7, 11) is 0. The van der Waals surface area contributed by atoms with Crippen LogP contribution in [-0.2, 0) is 19.1 Å². The molecule has 27 heavy (non-hydrogen) atoms. The molecule has 1 aromatic carbocycles. The van der Waals surface area contributed by atoms with Crippen LogP contribution in [0.25, 0.3) is 0 Å². The summed E-state index contributed by atoms with van der Waals surface area (Å²) >= 11 is 0. The van der Waals surface area contributed by atoms with Crippen LogP contribution in [0.1, 0.15) is 10.4 Å². The van der Waals surface area contributed by atoms with Crippen molar-refractivity contribution in [3.8, 4) is 0 Å². The SMILES string of the molecule is O=C(CN1C(=O)[C@H]2C=CC=C[C@H]2C1=O)OCC(=O)c1ccc([N+](=O)[O-])cc1. The van der Waals surface area contributed by atoms with Crippen molar-refractivity contribution in [2.45, 2.75) is 0 Å². The molecule has 0 unspecified atom stereocenters. The van der Waals surface area contributed by atoms with Gasteiger partial charge in [-0.05, 0) is 12.1 Å². The van der Waals surface area contributed by atoms with Gasteiger partial charge in [-0.1, -0.05) is 24.3 Å². The van der Waals surface area contributed by atoms with Crippen LogP contribution in [0.4, 0.5) is 5.69 Å². The number of nitro benzene ring substituents is 1. The van der Waals surface area contributed by atoms with Gasteiger partial charge in [0.05, 0.1) is 16.8 Å². The number of esters is 1. The topological polar surface area (TPSA) is 124 Å². The molecule has 0 N–H and O–H groups in total. The van der Waals surface area contributed by atoms with Crippen LogP contribution in [0.15, 0.2) is 48.6 Å². The lowest BCUT2D eigenvalue weighted by molar-refractivity contribution is -0.384. The lowest BCUT2D eigenvalue weighted by Crippen LogP contribution is -2.37. The molecule has 1 heterocycles. The Kier molecular flexibility index (Phi) is 4.93. The average molecular weight is 370 g/mol. The fraction of sp³-hybridized carbons (Fsp3) is 0.222. The molecule has 0 bridgehead atoms. The number of rotatable bonds is 6. The molecule has 2 aliphatic rings. The molecule has 138 valence electrons. The normalized spacial score (nSPS) is 20.5. The second-order valence-corrected chi connectivity index (χ2v) is 5.97. The molecule has 9 nitrogen and oxygen atoms in total. The van der Waals surface area contributed by atoms with Crippen LogP contribution in [0.3, 0.4) is 0 Å². The first kappa shape index (κ1) is 18.2. The number of likely N-dealkylation sites (tertiary alicyclic amines) is 1. The number of hydrogen-bond donors (Lipinski definition) is 0. The van der Waals surface area contributed by atoms with Crippen LogP contribution in [0.5, 0.6) is 0 Å². The second-order valence-electron chi connectivity index (χ2n) is 5.97. The molecule has 1 fully saturated rings. The van der Waals surface area contributed by atoms with Crippen molar-refractivity contribution < 1.29 is 28.8 Å². The molecule has 0 saturated carbocycles. The summed E-state index contributed by atoms with van der Waals surface area (Å²) in [4.78, 5) is 59.2. The van der Waals surface area contributed by atoms with Gasteiger partial charge in [0, 0.05) is 17.7 Å². The van der Waals surface area contributed by atoms with E-state index in [0.717, 1.165) is 4.90 Å². The summed E-state index contributed by atoms with van der Waals surface area (Å²) in [6.45, 7) is -1.17. The summed E-state index contributed by atoms with van der Waals surface area (Å²) in [5, 5.41) is 10.6. The van der Waals surface area contributed by atoms with Gasteiger partial charge in [-0.3, -0.25) is 34.2 Å². The molecule has 1 aromatic rings. The van der Waals surface area contributed by atoms with E-state index < -0.39 is 53.5 Å². The zero-order valence-electron chi connectivity index (χ0n) is 13.9. The predicted molar refractivity (Wildman–Crippen MR) is 90.4 cm³/mol. The van der Waals surface area contributed by atoms with Gasteiger partial charge < -0.3 is 4.74 Å². The molecule has 2 atom stereocenters. The maximum atomic E-state index is 12.2. The van der Waals surface area contributed by atoms with E-state index in [9.17, 15) is 29.3 Å². The molecule has 0 spiro atoms. The monoisotopic (exact) mass is 370 g/mol. The Bertz CT molecular complexity index is 855. The number of nitrogens with zero attached hydrogens (tertiary/aromatic N) is 2. The highest BCUT2D eigenvalue weighted by atomic mass is 16.6. The Balaban J connectivity index is 1.55. The number of carbonyl (C=O) groups excluding carboxylic acids is 4. The van der Waals surface area contributed by atoms with E-state index >= 15 is 0 Å². The van der Waals surface area contributed by atoms with E-state index in [-0.39, 0.29) is 11.3 Å². The molecule has 2 amide bonds. The van der Waals surface area contributed by atoms with Crippen LogP contribution < -0.4 is 0 Å². The van der Waals surface area contributed by atoms with Crippen molar-refractivity contribution in [1.82, 2.24) is 4.90 Å². The highest BCUT2D eigenvalue weighted by Gasteiger charge is 2.46. The number of imide groups is 1. The van der Waals surface area contributed by atoms with Gasteiger partial charge >= 0.3 is 5.97 Å². The van der Waals surface area contributed by atoms with Crippen LogP contribution >= 0.6 is 0 Å². The van der Waals surface area contributed by atoms with Crippen molar-refractivity contribution in [2.24, 2.45) is 11.8 Å². The van der Waals surface area contributed by atoms with Gasteiger partial charge in [-0.15, -0.1) is 0 Å². The maximum absolute atomic E-state index is 12.2. The van der Waals surface area contributed by atoms with Gasteiger partial charge in [0.15, 0.2) is 12.4 Å². The zero-order valence-corrected chi connectivity index (χ0v) is 13.9. The molecular formula is C18H14N2O7. The third kappa shape index (κ3) is 3.66. The number of hydrogen-bond acceptors (Lipinski definition) is 7. The van der Waals surface area contributed by atoms with Gasteiger partial charge in [0.2, 0.25) is 11.8 Å². The minimum absolute atomic E-state index is 0.142. The van der Waals surface area contributed by atoms with Gasteiger partial charge in [-0.2, -0.15) is 0 Å². The maximum Gasteiger partial charge on any atom is 0.326 e. The third-order valence-corrected chi connectivity index (χ3v) is 4.29. The minimum atomic E-state index is -0.890. The lowest BCUT2D eigenvalue weighted by Gasteiger charge is -2.13. The number of amides is 2. The largest absolute Gasteiger partial charge is 0.456 e. The Labute approximate surface area is 153 Å². The van der Waals surface area contributed by atoms with Crippen molar-refractivity contribution in [2.75, 3.05) is 13.2 Å². The van der Waals surface area contributed by atoms with E-state index in [4.69, 9.17) is 4.74 Å². The number of ether oxygens (including phenoxy) is 1. The fourth-order valence-corrected chi connectivity index (χ4v) is 2.88. The summed E-state index contributed by atoms with van der Waals surface area (Å²) in [6.07, 6.45) is 6.54. The van der Waals surface area contributed by atoms with Gasteiger partial charge in [0.25, 0.3) is 5.69 Å². The Morgan fingerprint density at radius 1 is 1.04 bits per heavy atom. The molecule has 0 aromatic heterocycles. The standard InChI is InChI=1S/C18H14N2O7/c21-15(11-5-7-12(8-6-11)20(25)26)10-27-16(22)9-19-17(23)13-3-1-2-4-14(13)18(19)24/h1-8,13-14H,9-10H2/t13-,14+. The number of carbonyl (C=O) groups is 4. The number of nitro groups is 1. The highest BCUT2D eigenvalue weighted by molar-refractivity contribution is 6.09. The summed E-state index contributed by atoms with van der Waals surface area (Å²) in [5.41, 5.74) is -0.0258. The van der Waals surface area contributed by atoms with Crippen LogP contribution in [0.2, 0.25) is 0 Å². The number of benzene rings is 1. The number of Topliss-reactive ketones (excluding diaryl/α,β-unsaturated/α-hetero) is 1. The first-order valence-electron chi connectivity index (χ1n) is 8.02. The first-order chi connectivity index (χ1) is 12.9. The van der Waals surface area contributed by atoms with Crippen molar-refractivity contribution in [1.29, 1.82) is 0 Å². The Morgan fingerprint density at radius 2 is 1.59 bits per heavy atom. The number of non-ortho nitro benzene ring substituents is 1. The van der Waals surface area contributed by atoms with Crippen molar-refractivity contribution >= 4 is 29.3 Å². The molecular weight excluding hydrogens is 356 g/mol. The summed E-state index contributed by atoms with van der Waals surface area (Å²) in [5.74, 6) is -3.64. The smallest absolute Gasteiger partial charge is 0.326 e. The van der Waals surface area contributed by atoms with Gasteiger partial charge in [-0.25, -0.2) is 0 Å². The van der Waals surface area contributed by atoms with Gasteiger partial charge in [0.1, 0.15) is 6.54 Å². The van der Waals surface area contributed by atoms with E-state index in [0.29, 0.717) is 0 Å². The quantitative estimate of drug-likeness (QED) is 0.241. The predicted octanol–water partition coefficient (Wildman–Crippen LogP) is 1.05. The number of ketones is 1. The molecule has 0 radical (unpaired) electrons. The minimum Gasteiger partial charge on any atom is -0.456 e. The molecule has 3 rings (SSSR count). The van der Waals surface area contributed by atoms with E-state index in [1.807, 2.05) is 0 Å². The summed E-state index contributed by atoms with van der Waals surface area (Å²) in [6, 6.07) is 4.84. The first-order valence-corrected chi connectivity index (χ1v) is 8.02. The lowest BCUT2D eigenvalue weighted by atomic mass is 9.91. The highest BCUT2D eigenvalue weighted by Crippen LogP contribution is 2.30. The van der Waals surface area contributed by atoms with Crippen LogP contribution in [0, 0.1) is 22.0 Å². The summed E-state index contributed by atoms with van der Waals surface area (Å²) < 4.78 is 4.84. The van der Waals surface area contributed by atoms with E-state index in [1.54, 1.807) is 24.3 Å². The molecule has 1 aliphatic carbocycles. The third-order valence-electron chi connectivity index (χ3n) is 4.29. The fourth-order valence-electron chi connectivity index (χ4n) is 2.88. The van der Waals surface area contributed by atoms with E-state index in [1.165, 1.54) is 24.3 Å². The second kappa shape index (κ2) is 7.32. The molecule has 1 aliphatic heterocycles. The molecule has 1 saturated heterocycles. The van der Waals surface area contributed by atoms with E-state index in [2.05, 4.69) is 0 Å². The number of allylic oxidation sites excluding steroid dienone is 2. The Hall–Kier alpha value is -3.62. The Morgan fingerprint density at radius 3 is 2.11 bits per heavy atom. The van der Waals surface area contributed by atoms with Crippen LogP contribution in [-0.4, -0.2) is 46.5 Å². The number of fused-ring (bicyclic) bond motifs is 1. The average Bonchev–Trinajstić information content (AvgIpc) is 2.91.